The van der Waals surface area contributed by atoms with Gasteiger partial charge in [0, 0.05) is 25.0 Å². The molecule has 0 heterocycles. The van der Waals surface area contributed by atoms with Gasteiger partial charge in [0.15, 0.2) is 0 Å². The highest BCUT2D eigenvalue weighted by atomic mass is 16.3. The van der Waals surface area contributed by atoms with Gasteiger partial charge in [-0.15, -0.1) is 0 Å². The van der Waals surface area contributed by atoms with E-state index in [1.165, 1.54) is 11.0 Å². The van der Waals surface area contributed by atoms with E-state index in [2.05, 4.69) is 20.8 Å². The molecule has 0 unspecified atom stereocenters. The van der Waals surface area contributed by atoms with E-state index in [1.54, 1.807) is 14.1 Å². The zero-order valence-corrected chi connectivity index (χ0v) is 12.7. The van der Waals surface area contributed by atoms with Crippen molar-refractivity contribution in [2.45, 2.75) is 26.2 Å². The van der Waals surface area contributed by atoms with Gasteiger partial charge in [0.2, 0.25) is 0 Å². The first-order valence-electron chi connectivity index (χ1n) is 6.69. The second kappa shape index (κ2) is 4.82. The van der Waals surface area contributed by atoms with Crippen LogP contribution in [0.25, 0.3) is 10.8 Å². The third-order valence-corrected chi connectivity index (χ3v) is 3.45. The molecule has 0 aliphatic rings. The molecule has 20 heavy (non-hydrogen) atoms. The number of hydrogen-bond acceptors (Lipinski definition) is 2. The highest BCUT2D eigenvalue weighted by Gasteiger charge is 2.16. The average molecular weight is 271 g/mol. The molecular weight excluding hydrogens is 250 g/mol. The maximum Gasteiger partial charge on any atom is 0.253 e. The van der Waals surface area contributed by atoms with Gasteiger partial charge in [-0.3, -0.25) is 4.79 Å². The van der Waals surface area contributed by atoms with Gasteiger partial charge in [-0.1, -0.05) is 32.9 Å². The summed E-state index contributed by atoms with van der Waals surface area (Å²) in [5, 5.41) is 11.9. The fourth-order valence-corrected chi connectivity index (χ4v) is 2.19. The Hall–Kier alpha value is -2.03. The predicted molar refractivity (Wildman–Crippen MR) is 82.3 cm³/mol. The van der Waals surface area contributed by atoms with Crippen molar-refractivity contribution < 1.29 is 9.90 Å². The zero-order chi connectivity index (χ0) is 15.1. The molecule has 0 spiro atoms. The van der Waals surface area contributed by atoms with Crippen LogP contribution >= 0.6 is 0 Å². The van der Waals surface area contributed by atoms with Crippen LogP contribution < -0.4 is 0 Å². The van der Waals surface area contributed by atoms with Gasteiger partial charge >= 0.3 is 0 Å². The topological polar surface area (TPSA) is 40.5 Å². The SMILES string of the molecule is CN(C)C(=O)c1cc(O)c2cc(C(C)(C)C)ccc2c1. The van der Waals surface area contributed by atoms with Crippen molar-refractivity contribution in [3.05, 3.63) is 41.5 Å². The molecule has 106 valence electrons. The Morgan fingerprint density at radius 1 is 1.10 bits per heavy atom. The Balaban J connectivity index is 2.61. The van der Waals surface area contributed by atoms with Gasteiger partial charge in [-0.25, -0.2) is 0 Å². The van der Waals surface area contributed by atoms with Crippen molar-refractivity contribution in [3.63, 3.8) is 0 Å². The summed E-state index contributed by atoms with van der Waals surface area (Å²) in [5.74, 6) is 0.0425. The lowest BCUT2D eigenvalue weighted by molar-refractivity contribution is 0.0827. The molecule has 3 heteroatoms. The molecule has 3 nitrogen and oxygen atoms in total. The second-order valence-corrected chi connectivity index (χ2v) is 6.38. The molecule has 0 fully saturated rings. The smallest absolute Gasteiger partial charge is 0.253 e. The lowest BCUT2D eigenvalue weighted by Crippen LogP contribution is -2.21. The molecule has 0 aromatic heterocycles. The number of hydrogen-bond donors (Lipinski definition) is 1. The number of phenols is 1. The minimum atomic E-state index is -0.109. The zero-order valence-electron chi connectivity index (χ0n) is 12.7. The minimum Gasteiger partial charge on any atom is -0.507 e. The summed E-state index contributed by atoms with van der Waals surface area (Å²) in [6.45, 7) is 6.40. The monoisotopic (exact) mass is 271 g/mol. The number of phenolic OH excluding ortho intramolecular Hbond substituents is 1. The summed E-state index contributed by atoms with van der Waals surface area (Å²) in [6, 6.07) is 9.36. The Morgan fingerprint density at radius 2 is 1.75 bits per heavy atom. The van der Waals surface area contributed by atoms with Gasteiger partial charge in [-0.05, 0) is 34.6 Å². The molecule has 2 rings (SSSR count). The molecule has 0 aliphatic carbocycles. The van der Waals surface area contributed by atoms with Gasteiger partial charge in [0.25, 0.3) is 5.91 Å². The van der Waals surface area contributed by atoms with Gasteiger partial charge in [0.05, 0.1) is 0 Å². The van der Waals surface area contributed by atoms with E-state index in [0.717, 1.165) is 16.3 Å². The molecule has 0 saturated heterocycles. The van der Waals surface area contributed by atoms with Gasteiger partial charge in [-0.2, -0.15) is 0 Å². The quantitative estimate of drug-likeness (QED) is 0.861. The Kier molecular flexibility index (Phi) is 3.46. The van der Waals surface area contributed by atoms with Crippen molar-refractivity contribution in [3.8, 4) is 5.75 Å². The third kappa shape index (κ3) is 2.62. The lowest BCUT2D eigenvalue weighted by atomic mass is 9.85. The first-order valence-corrected chi connectivity index (χ1v) is 6.69. The van der Waals surface area contributed by atoms with E-state index < -0.39 is 0 Å². The lowest BCUT2D eigenvalue weighted by Gasteiger charge is -2.20. The molecule has 0 saturated carbocycles. The number of carbonyl (C=O) groups is 1. The summed E-state index contributed by atoms with van der Waals surface area (Å²) in [7, 11) is 3.40. The van der Waals surface area contributed by atoms with E-state index in [4.69, 9.17) is 0 Å². The standard InChI is InChI=1S/C17H21NO2/c1-17(2,3)13-7-6-11-8-12(16(20)18(4)5)9-15(19)14(11)10-13/h6-10,19H,1-5H3. The van der Waals surface area contributed by atoms with Crippen LogP contribution in [0.3, 0.4) is 0 Å². The summed E-state index contributed by atoms with van der Waals surface area (Å²) in [5.41, 5.74) is 1.69. The van der Waals surface area contributed by atoms with Crippen molar-refractivity contribution in [1.82, 2.24) is 4.90 Å². The number of nitrogens with zero attached hydrogens (tertiary/aromatic N) is 1. The fourth-order valence-electron chi connectivity index (χ4n) is 2.19. The molecule has 0 atom stereocenters. The predicted octanol–water partition coefficient (Wildman–Crippen LogP) is 3.54. The summed E-state index contributed by atoms with van der Waals surface area (Å²) in [6.07, 6.45) is 0. The summed E-state index contributed by atoms with van der Waals surface area (Å²) >= 11 is 0. The number of fused-ring (bicyclic) bond motifs is 1. The van der Waals surface area contributed by atoms with Crippen LogP contribution in [0.2, 0.25) is 0 Å². The number of amides is 1. The van der Waals surface area contributed by atoms with Gasteiger partial charge in [0.1, 0.15) is 5.75 Å². The number of benzene rings is 2. The Bertz CT molecular complexity index is 666. The van der Waals surface area contributed by atoms with Crippen LogP contribution in [0.1, 0.15) is 36.7 Å². The average Bonchev–Trinajstić information content (AvgIpc) is 2.36. The van der Waals surface area contributed by atoms with Crippen molar-refractivity contribution in [2.24, 2.45) is 0 Å². The normalized spacial score (nSPS) is 11.7. The van der Waals surface area contributed by atoms with Crippen LogP contribution in [-0.2, 0) is 5.41 Å². The van der Waals surface area contributed by atoms with Gasteiger partial charge < -0.3 is 10.0 Å². The molecule has 0 bridgehead atoms. The molecule has 2 aromatic rings. The highest BCUT2D eigenvalue weighted by Crippen LogP contribution is 2.32. The summed E-state index contributed by atoms with van der Waals surface area (Å²) in [4.78, 5) is 13.5. The Labute approximate surface area is 119 Å². The van der Waals surface area contributed by atoms with E-state index in [1.807, 2.05) is 24.3 Å². The van der Waals surface area contributed by atoms with Crippen molar-refractivity contribution in [2.75, 3.05) is 14.1 Å². The van der Waals surface area contributed by atoms with E-state index in [0.29, 0.717) is 5.56 Å². The number of rotatable bonds is 1. The fraction of sp³-hybridized carbons (Fsp3) is 0.353. The first kappa shape index (κ1) is 14.4. The van der Waals surface area contributed by atoms with E-state index in [-0.39, 0.29) is 17.1 Å². The van der Waals surface area contributed by atoms with Crippen LogP contribution in [-0.4, -0.2) is 30.0 Å². The number of carbonyl (C=O) groups excluding carboxylic acids is 1. The molecule has 0 aliphatic heterocycles. The molecule has 0 radical (unpaired) electrons. The molecule has 1 amide bonds. The first-order chi connectivity index (χ1) is 9.20. The highest BCUT2D eigenvalue weighted by molar-refractivity contribution is 6.00. The van der Waals surface area contributed by atoms with Crippen molar-refractivity contribution >= 4 is 16.7 Å². The second-order valence-electron chi connectivity index (χ2n) is 6.38. The minimum absolute atomic E-state index is 0.0265. The number of aromatic hydroxyl groups is 1. The maximum atomic E-state index is 12.0. The molecule has 1 N–H and O–H groups in total. The maximum absolute atomic E-state index is 12.0. The van der Waals surface area contributed by atoms with Crippen molar-refractivity contribution in [1.29, 1.82) is 0 Å². The largest absolute Gasteiger partial charge is 0.507 e. The third-order valence-electron chi connectivity index (χ3n) is 3.45. The van der Waals surface area contributed by atoms with Crippen LogP contribution in [0.4, 0.5) is 0 Å². The van der Waals surface area contributed by atoms with Crippen LogP contribution in [0.15, 0.2) is 30.3 Å². The van der Waals surface area contributed by atoms with Crippen LogP contribution in [0.5, 0.6) is 5.75 Å². The van der Waals surface area contributed by atoms with E-state index in [9.17, 15) is 9.90 Å². The molecule has 2 aromatic carbocycles. The summed E-state index contributed by atoms with van der Waals surface area (Å²) < 4.78 is 0. The van der Waals surface area contributed by atoms with E-state index >= 15 is 0 Å². The molecular formula is C17H21NO2. The Morgan fingerprint density at radius 3 is 2.30 bits per heavy atom. The van der Waals surface area contributed by atoms with Crippen LogP contribution in [0, 0.1) is 0 Å².